The molecule has 7 nitrogen and oxygen atoms in total. The van der Waals surface area contributed by atoms with Crippen molar-refractivity contribution in [3.63, 3.8) is 0 Å². The van der Waals surface area contributed by atoms with Gasteiger partial charge in [-0.3, -0.25) is 0 Å². The summed E-state index contributed by atoms with van der Waals surface area (Å²) in [7, 11) is 0. The maximum atomic E-state index is 5.26. The van der Waals surface area contributed by atoms with Crippen molar-refractivity contribution in [2.24, 2.45) is 0 Å². The second-order valence-electron chi connectivity index (χ2n) is 24.3. The molecule has 0 aliphatic heterocycles. The highest BCUT2D eigenvalue weighted by molar-refractivity contribution is 6.14. The Labute approximate surface area is 541 Å². The Morgan fingerprint density at radius 1 is 0.170 bits per heavy atom. The molecule has 0 amide bonds. The average molecular weight is 1200 g/mol. The lowest BCUT2D eigenvalue weighted by atomic mass is 9.96. The molecule has 0 N–H and O–H groups in total. The molecule has 0 unspecified atom stereocenters. The highest BCUT2D eigenvalue weighted by Crippen LogP contribution is 2.43. The third-order valence-corrected chi connectivity index (χ3v) is 19.0. The maximum Gasteiger partial charge on any atom is 0.164 e. The Balaban J connectivity index is 0.704. The lowest BCUT2D eigenvalue weighted by molar-refractivity contribution is 1.07. The van der Waals surface area contributed by atoms with Crippen LogP contribution in [-0.2, 0) is 0 Å². The molecule has 5 heterocycles. The van der Waals surface area contributed by atoms with Gasteiger partial charge in [0.1, 0.15) is 0 Å². The monoisotopic (exact) mass is 1200 g/mol. The molecule has 14 aromatic carbocycles. The third-order valence-electron chi connectivity index (χ3n) is 19.0. The summed E-state index contributed by atoms with van der Waals surface area (Å²) in [4.78, 5) is 15.6. The Hall–Kier alpha value is -12.7. The van der Waals surface area contributed by atoms with Gasteiger partial charge in [0.15, 0.2) is 17.5 Å². The minimum absolute atomic E-state index is 0.602. The van der Waals surface area contributed by atoms with Gasteiger partial charge in [0.05, 0.1) is 49.8 Å². The Morgan fingerprint density at radius 2 is 0.489 bits per heavy atom. The van der Waals surface area contributed by atoms with Crippen molar-refractivity contribution in [2.75, 3.05) is 0 Å². The van der Waals surface area contributed by atoms with Gasteiger partial charge in [-0.15, -0.1) is 0 Å². The first-order valence-corrected chi connectivity index (χ1v) is 32.0. The zero-order chi connectivity index (χ0) is 61.8. The number of rotatable bonds is 10. The lowest BCUT2D eigenvalue weighted by Crippen LogP contribution is -2.01. The SMILES string of the molecule is c1ccc(-c2nc(-c3ccc(-c4ccc(-n5c6ccccc6c6ccccc65)c(-c5ccc(-n6c7ccccc7c7cc(-c8ccc9c(c8)c8ccccc8n9-c8ccccc8)ccc76)cc5)c4)cc3)nc(-c3cccc(-n4c5ccccc5c5ccccc54)c3)n2)cc1. The van der Waals surface area contributed by atoms with Crippen LogP contribution in [0.25, 0.3) is 178 Å². The molecule has 7 heteroatoms. The molecule has 0 radical (unpaired) electrons. The van der Waals surface area contributed by atoms with Crippen LogP contribution in [-0.4, -0.2) is 33.2 Å². The van der Waals surface area contributed by atoms with Crippen LogP contribution in [0.2, 0.25) is 0 Å². The molecule has 0 aliphatic carbocycles. The summed E-state index contributed by atoms with van der Waals surface area (Å²) >= 11 is 0. The van der Waals surface area contributed by atoms with Gasteiger partial charge in [-0.25, -0.2) is 15.0 Å². The lowest BCUT2D eigenvalue weighted by Gasteiger charge is -2.17. The fourth-order valence-electron chi connectivity index (χ4n) is 14.7. The molecule has 0 atom stereocenters. The Bertz CT molecular complexity index is 6100. The van der Waals surface area contributed by atoms with Gasteiger partial charge >= 0.3 is 0 Å². The third kappa shape index (κ3) is 8.56. The van der Waals surface area contributed by atoms with Gasteiger partial charge < -0.3 is 18.3 Å². The van der Waals surface area contributed by atoms with Crippen LogP contribution in [0.3, 0.4) is 0 Å². The first kappa shape index (κ1) is 53.2. The minimum atomic E-state index is 0.602. The van der Waals surface area contributed by atoms with Crippen molar-refractivity contribution >= 4 is 87.2 Å². The summed E-state index contributed by atoms with van der Waals surface area (Å²) in [6.45, 7) is 0. The van der Waals surface area contributed by atoms with E-state index in [4.69, 9.17) is 15.0 Å². The summed E-state index contributed by atoms with van der Waals surface area (Å²) < 4.78 is 9.57. The second kappa shape index (κ2) is 21.5. The van der Waals surface area contributed by atoms with Crippen molar-refractivity contribution in [3.05, 3.63) is 334 Å². The molecule has 0 spiro atoms. The van der Waals surface area contributed by atoms with E-state index < -0.39 is 0 Å². The highest BCUT2D eigenvalue weighted by atomic mass is 15.0. The second-order valence-corrected chi connectivity index (χ2v) is 24.3. The van der Waals surface area contributed by atoms with E-state index in [1.807, 2.05) is 18.2 Å². The van der Waals surface area contributed by atoms with E-state index in [9.17, 15) is 0 Å². The molecular formula is C87H55N7. The zero-order valence-corrected chi connectivity index (χ0v) is 50.9. The number of fused-ring (bicyclic) bond motifs is 12. The number of benzene rings is 14. The first-order valence-electron chi connectivity index (χ1n) is 32.0. The summed E-state index contributed by atoms with van der Waals surface area (Å²) in [6.07, 6.45) is 0. The molecule has 19 aromatic rings. The Morgan fingerprint density at radius 3 is 0.989 bits per heavy atom. The topological polar surface area (TPSA) is 58.4 Å². The van der Waals surface area contributed by atoms with Crippen molar-refractivity contribution < 1.29 is 0 Å². The molecule has 0 saturated carbocycles. The summed E-state index contributed by atoms with van der Waals surface area (Å²) in [6, 6.07) is 120. The van der Waals surface area contributed by atoms with Crippen LogP contribution >= 0.6 is 0 Å². The number of nitrogens with zero attached hydrogens (tertiary/aromatic N) is 7. The average Bonchev–Trinajstić information content (AvgIpc) is 1.60. The van der Waals surface area contributed by atoms with Crippen LogP contribution < -0.4 is 0 Å². The van der Waals surface area contributed by atoms with Gasteiger partial charge in [0.25, 0.3) is 0 Å². The molecule has 0 aliphatic rings. The van der Waals surface area contributed by atoms with Gasteiger partial charge in [-0.2, -0.15) is 0 Å². The van der Waals surface area contributed by atoms with Crippen LogP contribution in [0, 0.1) is 0 Å². The van der Waals surface area contributed by atoms with Crippen LogP contribution in [0.5, 0.6) is 0 Å². The molecule has 0 fully saturated rings. The molecular weight excluding hydrogens is 1140 g/mol. The largest absolute Gasteiger partial charge is 0.309 e. The number of aromatic nitrogens is 7. The van der Waals surface area contributed by atoms with Gasteiger partial charge in [0, 0.05) is 82.4 Å². The molecule has 5 aromatic heterocycles. The fourth-order valence-corrected chi connectivity index (χ4v) is 14.7. The summed E-state index contributed by atoms with van der Waals surface area (Å²) in [5, 5.41) is 9.78. The molecule has 19 rings (SSSR count). The number of hydrogen-bond donors (Lipinski definition) is 0. The smallest absolute Gasteiger partial charge is 0.164 e. The standard InChI is InChI=1S/C87H55N7/c1-3-20-58(21-4-1)85-88-86(90-87(89-85)63-22-19-25-66(52-63)93-76-32-13-7-26-67(76)68-27-8-14-33-77(68)93)59-40-38-56(39-41-59)60-44-49-82(94-80-36-17-9-28-69(80)70-29-10-18-37-81(70)94)73(53-60)57-42-47-65(48-43-57)92-79-35-16-12-31-72(79)75-55-62(46-51-84(75)92)61-45-50-83-74(54-61)71-30-11-15-34-78(71)91(83)64-23-5-2-6-24-64/h1-55H. The number of para-hydroxylation sites is 7. The van der Waals surface area contributed by atoms with Gasteiger partial charge in [-0.05, 0) is 137 Å². The molecule has 0 bridgehead atoms. The van der Waals surface area contributed by atoms with E-state index in [2.05, 4.69) is 334 Å². The van der Waals surface area contributed by atoms with E-state index in [0.717, 1.165) is 94.8 Å². The van der Waals surface area contributed by atoms with Crippen molar-refractivity contribution in [1.82, 2.24) is 33.2 Å². The van der Waals surface area contributed by atoms with E-state index in [-0.39, 0.29) is 0 Å². The van der Waals surface area contributed by atoms with Crippen LogP contribution in [0.15, 0.2) is 334 Å². The maximum absolute atomic E-state index is 5.26. The van der Waals surface area contributed by atoms with Gasteiger partial charge in [0.2, 0.25) is 0 Å². The quantitative estimate of drug-likeness (QED) is 0.137. The van der Waals surface area contributed by atoms with Crippen LogP contribution in [0.4, 0.5) is 0 Å². The summed E-state index contributed by atoms with van der Waals surface area (Å²) in [5.74, 6) is 1.82. The Kier molecular flexibility index (Phi) is 12.1. The van der Waals surface area contributed by atoms with E-state index >= 15 is 0 Å². The van der Waals surface area contributed by atoms with Crippen molar-refractivity contribution in [2.45, 2.75) is 0 Å². The predicted molar refractivity (Wildman–Crippen MR) is 390 cm³/mol. The molecule has 438 valence electrons. The van der Waals surface area contributed by atoms with Crippen molar-refractivity contribution in [3.8, 4) is 90.3 Å². The van der Waals surface area contributed by atoms with Crippen molar-refractivity contribution in [1.29, 1.82) is 0 Å². The van der Waals surface area contributed by atoms with Crippen LogP contribution in [0.1, 0.15) is 0 Å². The minimum Gasteiger partial charge on any atom is -0.309 e. The zero-order valence-electron chi connectivity index (χ0n) is 50.9. The highest BCUT2D eigenvalue weighted by Gasteiger charge is 2.22. The first-order chi connectivity index (χ1) is 46.6. The number of hydrogen-bond acceptors (Lipinski definition) is 3. The van der Waals surface area contributed by atoms with E-state index in [0.29, 0.717) is 17.5 Å². The summed E-state index contributed by atoms with van der Waals surface area (Å²) in [5.41, 5.74) is 23.2. The van der Waals surface area contributed by atoms with E-state index in [1.165, 1.54) is 65.3 Å². The molecule has 0 saturated heterocycles. The normalized spacial score (nSPS) is 11.8. The predicted octanol–water partition coefficient (Wildman–Crippen LogP) is 22.3. The van der Waals surface area contributed by atoms with Gasteiger partial charge in [-0.1, -0.05) is 224 Å². The fraction of sp³-hybridized carbons (Fsp3) is 0. The van der Waals surface area contributed by atoms with E-state index in [1.54, 1.807) is 0 Å². The molecule has 94 heavy (non-hydrogen) atoms.